The summed E-state index contributed by atoms with van der Waals surface area (Å²) in [7, 11) is 0. The lowest BCUT2D eigenvalue weighted by molar-refractivity contribution is -0.205. The highest BCUT2D eigenvalue weighted by atomic mass is 19.4. The standard InChI is InChI=1S/C21H30F4N2O2/c1-5-27(13(2)3)11-14(4)26-20(28)17-7-6-15(10-19(17)22)16-8-9-29-12-18(16)21(23,24)25/h6-7,10,13-14,16,18H,5,8-9,11-12H2,1-4H3,(H,26,28). The van der Waals surface area contributed by atoms with Gasteiger partial charge in [0.25, 0.3) is 5.91 Å². The number of nitrogens with one attached hydrogen (secondary N) is 1. The molecule has 3 unspecified atom stereocenters. The summed E-state index contributed by atoms with van der Waals surface area (Å²) in [6, 6.07) is 3.87. The molecule has 0 radical (unpaired) electrons. The van der Waals surface area contributed by atoms with E-state index in [-0.39, 0.29) is 30.2 Å². The molecule has 0 aromatic heterocycles. The SMILES string of the molecule is CCN(CC(C)NC(=O)c1ccc(C2CCOCC2C(F)(F)F)cc1F)C(C)C. The van der Waals surface area contributed by atoms with Crippen LogP contribution in [-0.2, 0) is 4.74 Å². The zero-order valence-electron chi connectivity index (χ0n) is 17.4. The van der Waals surface area contributed by atoms with Crippen LogP contribution < -0.4 is 5.32 Å². The predicted molar refractivity (Wildman–Crippen MR) is 103 cm³/mol. The number of amides is 1. The van der Waals surface area contributed by atoms with Crippen molar-refractivity contribution < 1.29 is 27.1 Å². The summed E-state index contributed by atoms with van der Waals surface area (Å²) in [5.74, 6) is -3.93. The van der Waals surface area contributed by atoms with Gasteiger partial charge in [-0.05, 0) is 57.4 Å². The second-order valence-electron chi connectivity index (χ2n) is 7.91. The molecule has 1 amide bonds. The molecule has 1 N–H and O–H groups in total. The van der Waals surface area contributed by atoms with Crippen LogP contribution in [0.15, 0.2) is 18.2 Å². The highest BCUT2D eigenvalue weighted by Gasteiger charge is 2.46. The molecule has 1 aromatic rings. The van der Waals surface area contributed by atoms with Gasteiger partial charge in [0.1, 0.15) is 5.82 Å². The number of nitrogens with zero attached hydrogens (tertiary/aromatic N) is 1. The predicted octanol–water partition coefficient (Wildman–Crippen LogP) is 4.36. The van der Waals surface area contributed by atoms with E-state index in [4.69, 9.17) is 4.74 Å². The van der Waals surface area contributed by atoms with Gasteiger partial charge < -0.3 is 10.1 Å². The molecule has 1 saturated heterocycles. The lowest BCUT2D eigenvalue weighted by Gasteiger charge is -2.33. The molecule has 1 aromatic carbocycles. The lowest BCUT2D eigenvalue weighted by atomic mass is 9.82. The number of carbonyl (C=O) groups is 1. The van der Waals surface area contributed by atoms with Gasteiger partial charge in [0.15, 0.2) is 0 Å². The zero-order valence-corrected chi connectivity index (χ0v) is 17.4. The maximum absolute atomic E-state index is 14.6. The van der Waals surface area contributed by atoms with Crippen LogP contribution in [0.5, 0.6) is 0 Å². The summed E-state index contributed by atoms with van der Waals surface area (Å²) < 4.78 is 59.4. The topological polar surface area (TPSA) is 41.6 Å². The molecular formula is C21H30F4N2O2. The van der Waals surface area contributed by atoms with Gasteiger partial charge in [-0.3, -0.25) is 9.69 Å². The number of rotatable bonds is 7. The van der Waals surface area contributed by atoms with E-state index in [1.54, 1.807) is 0 Å². The Labute approximate surface area is 169 Å². The fourth-order valence-corrected chi connectivity index (χ4v) is 3.81. The van der Waals surface area contributed by atoms with Crippen molar-refractivity contribution in [3.8, 4) is 0 Å². The molecule has 0 bridgehead atoms. The van der Waals surface area contributed by atoms with E-state index in [1.165, 1.54) is 12.1 Å². The molecule has 1 fully saturated rings. The fourth-order valence-electron chi connectivity index (χ4n) is 3.81. The number of benzene rings is 1. The molecule has 4 nitrogen and oxygen atoms in total. The summed E-state index contributed by atoms with van der Waals surface area (Å²) >= 11 is 0. The van der Waals surface area contributed by atoms with Gasteiger partial charge in [0.05, 0.1) is 18.1 Å². The Morgan fingerprint density at radius 3 is 2.55 bits per heavy atom. The van der Waals surface area contributed by atoms with Gasteiger partial charge in [-0.25, -0.2) is 4.39 Å². The number of likely N-dealkylation sites (N-methyl/N-ethyl adjacent to an activating group) is 1. The normalized spacial score (nSPS) is 21.4. The molecule has 1 aliphatic rings. The summed E-state index contributed by atoms with van der Waals surface area (Å²) in [6.07, 6.45) is -4.26. The Morgan fingerprint density at radius 1 is 1.31 bits per heavy atom. The first-order chi connectivity index (χ1) is 13.5. The highest BCUT2D eigenvalue weighted by Crippen LogP contribution is 2.42. The largest absolute Gasteiger partial charge is 0.394 e. The summed E-state index contributed by atoms with van der Waals surface area (Å²) in [4.78, 5) is 14.6. The van der Waals surface area contributed by atoms with Crippen molar-refractivity contribution in [1.82, 2.24) is 10.2 Å². The van der Waals surface area contributed by atoms with E-state index >= 15 is 0 Å². The van der Waals surface area contributed by atoms with Gasteiger partial charge in [-0.1, -0.05) is 13.0 Å². The van der Waals surface area contributed by atoms with Crippen LogP contribution in [0.1, 0.15) is 56.0 Å². The number of hydrogen-bond donors (Lipinski definition) is 1. The summed E-state index contributed by atoms with van der Waals surface area (Å²) in [5.41, 5.74) is 0.0819. The number of ether oxygens (including phenoxy) is 1. The summed E-state index contributed by atoms with van der Waals surface area (Å²) in [6.45, 7) is 9.19. The first kappa shape index (κ1) is 23.6. The van der Waals surface area contributed by atoms with Crippen LogP contribution in [0.2, 0.25) is 0 Å². The second-order valence-corrected chi connectivity index (χ2v) is 7.91. The Morgan fingerprint density at radius 2 is 2.00 bits per heavy atom. The molecular weight excluding hydrogens is 388 g/mol. The van der Waals surface area contributed by atoms with Crippen molar-refractivity contribution in [2.75, 3.05) is 26.3 Å². The van der Waals surface area contributed by atoms with Crippen molar-refractivity contribution in [1.29, 1.82) is 0 Å². The number of carbonyl (C=O) groups excluding carboxylic acids is 1. The highest BCUT2D eigenvalue weighted by molar-refractivity contribution is 5.94. The average Bonchev–Trinajstić information content (AvgIpc) is 2.64. The van der Waals surface area contributed by atoms with Crippen molar-refractivity contribution in [3.63, 3.8) is 0 Å². The first-order valence-corrected chi connectivity index (χ1v) is 10.0. The maximum atomic E-state index is 14.6. The van der Waals surface area contributed by atoms with Gasteiger partial charge in [0.2, 0.25) is 0 Å². The first-order valence-electron chi connectivity index (χ1n) is 10.0. The maximum Gasteiger partial charge on any atom is 0.394 e. The fraction of sp³-hybridized carbons (Fsp3) is 0.667. The minimum Gasteiger partial charge on any atom is -0.381 e. The molecule has 0 spiro atoms. The molecule has 8 heteroatoms. The third-order valence-corrected chi connectivity index (χ3v) is 5.47. The monoisotopic (exact) mass is 418 g/mol. The summed E-state index contributed by atoms with van der Waals surface area (Å²) in [5, 5.41) is 2.77. The van der Waals surface area contributed by atoms with E-state index < -0.39 is 36.3 Å². The van der Waals surface area contributed by atoms with E-state index in [2.05, 4.69) is 24.1 Å². The Kier molecular flexibility index (Phi) is 8.05. The van der Waals surface area contributed by atoms with Gasteiger partial charge in [-0.15, -0.1) is 0 Å². The van der Waals surface area contributed by atoms with Crippen molar-refractivity contribution in [3.05, 3.63) is 35.1 Å². The smallest absolute Gasteiger partial charge is 0.381 e. The number of halogens is 4. The molecule has 0 saturated carbocycles. The lowest BCUT2D eigenvalue weighted by Crippen LogP contribution is -2.44. The molecule has 3 atom stereocenters. The van der Waals surface area contributed by atoms with Crippen LogP contribution in [0, 0.1) is 11.7 Å². The number of alkyl halides is 3. The van der Waals surface area contributed by atoms with Gasteiger partial charge in [0, 0.05) is 25.2 Å². The minimum absolute atomic E-state index is 0.161. The van der Waals surface area contributed by atoms with E-state index in [9.17, 15) is 22.4 Å². The number of hydrogen-bond acceptors (Lipinski definition) is 3. The van der Waals surface area contributed by atoms with E-state index in [1.807, 2.05) is 13.8 Å². The Bertz CT molecular complexity index is 694. The van der Waals surface area contributed by atoms with Crippen LogP contribution >= 0.6 is 0 Å². The molecule has 0 aliphatic carbocycles. The van der Waals surface area contributed by atoms with Crippen LogP contribution in [0.4, 0.5) is 17.6 Å². The van der Waals surface area contributed by atoms with Crippen molar-refractivity contribution in [2.45, 2.75) is 58.3 Å². The molecule has 1 aliphatic heterocycles. The van der Waals surface area contributed by atoms with Crippen LogP contribution in [0.25, 0.3) is 0 Å². The average molecular weight is 418 g/mol. The third kappa shape index (κ3) is 6.15. The van der Waals surface area contributed by atoms with Crippen molar-refractivity contribution >= 4 is 5.91 Å². The van der Waals surface area contributed by atoms with Crippen LogP contribution in [-0.4, -0.2) is 55.4 Å². The molecule has 29 heavy (non-hydrogen) atoms. The molecule has 2 rings (SSSR count). The Balaban J connectivity index is 2.11. The molecule has 1 heterocycles. The quantitative estimate of drug-likeness (QED) is 0.669. The van der Waals surface area contributed by atoms with E-state index in [0.717, 1.165) is 12.6 Å². The zero-order chi connectivity index (χ0) is 21.8. The van der Waals surface area contributed by atoms with Crippen molar-refractivity contribution in [2.24, 2.45) is 5.92 Å². The van der Waals surface area contributed by atoms with E-state index in [0.29, 0.717) is 12.6 Å². The van der Waals surface area contributed by atoms with Gasteiger partial charge in [-0.2, -0.15) is 13.2 Å². The second kappa shape index (κ2) is 9.89. The van der Waals surface area contributed by atoms with Gasteiger partial charge >= 0.3 is 6.18 Å². The minimum atomic E-state index is -4.42. The van der Waals surface area contributed by atoms with Crippen LogP contribution in [0.3, 0.4) is 0 Å². The third-order valence-electron chi connectivity index (χ3n) is 5.47. The molecule has 164 valence electrons. The Hall–Kier alpha value is -1.67.